The van der Waals surface area contributed by atoms with Crippen molar-refractivity contribution in [3.63, 3.8) is 0 Å². The number of pyridine rings is 1. The maximum Gasteiger partial charge on any atom is 0.504 e. The normalized spacial score (nSPS) is 11.5. The molecule has 0 fully saturated rings. The lowest BCUT2D eigenvalue weighted by molar-refractivity contribution is -0.212. The summed E-state index contributed by atoms with van der Waals surface area (Å²) in [5.41, 5.74) is 3.24. The Hall–Kier alpha value is -4.20. The summed E-state index contributed by atoms with van der Waals surface area (Å²) in [6.07, 6.45) is -1.38. The van der Waals surface area contributed by atoms with Gasteiger partial charge in [0.25, 0.3) is 5.91 Å². The van der Waals surface area contributed by atoms with E-state index in [1.807, 2.05) is 6.07 Å². The molecule has 1 amide bonds. The van der Waals surface area contributed by atoms with Gasteiger partial charge >= 0.3 is 6.30 Å². The van der Waals surface area contributed by atoms with Gasteiger partial charge in [-0.15, -0.1) is 13.2 Å². The van der Waals surface area contributed by atoms with E-state index in [0.717, 1.165) is 12.4 Å². The summed E-state index contributed by atoms with van der Waals surface area (Å²) < 4.78 is 38.4. The average Bonchev–Trinajstić information content (AvgIpc) is 3.36. The monoisotopic (exact) mass is 425 g/mol. The van der Waals surface area contributed by atoms with Gasteiger partial charge in [-0.1, -0.05) is 0 Å². The second-order valence-electron chi connectivity index (χ2n) is 6.81. The fraction of sp³-hybridized carbons (Fsp3) is 0.150. The molecule has 156 valence electrons. The molecule has 8 nitrogen and oxygen atoms in total. The minimum Gasteiger partial charge on any atom is -0.321 e. The summed E-state index contributed by atoms with van der Waals surface area (Å²) in [7, 11) is 0. The van der Waals surface area contributed by atoms with Gasteiger partial charge in [0.15, 0.2) is 0 Å². The first kappa shape index (κ1) is 20.1. The lowest BCUT2D eigenvalue weighted by Gasteiger charge is -2.10. The maximum atomic E-state index is 12.8. The van der Waals surface area contributed by atoms with Gasteiger partial charge in [-0.05, 0) is 43.2 Å². The van der Waals surface area contributed by atoms with E-state index in [1.165, 1.54) is 6.20 Å². The van der Waals surface area contributed by atoms with Crippen LogP contribution in [0.1, 0.15) is 27.2 Å². The Morgan fingerprint density at radius 1 is 1.23 bits per heavy atom. The highest BCUT2D eigenvalue weighted by Gasteiger charge is 2.32. The van der Waals surface area contributed by atoms with Crippen molar-refractivity contribution in [2.45, 2.75) is 20.1 Å². The lowest BCUT2D eigenvalue weighted by atomic mass is 10.0. The van der Waals surface area contributed by atoms with Crippen LogP contribution in [0.5, 0.6) is 0 Å². The van der Waals surface area contributed by atoms with E-state index in [0.29, 0.717) is 33.3 Å². The van der Waals surface area contributed by atoms with Crippen LogP contribution < -0.4 is 5.32 Å². The number of aromatic nitrogens is 5. The Kier molecular flexibility index (Phi) is 4.69. The molecule has 4 rings (SSSR count). The van der Waals surface area contributed by atoms with Gasteiger partial charge in [-0.25, -0.2) is 4.98 Å². The van der Waals surface area contributed by atoms with Crippen LogP contribution in [0.4, 0.5) is 18.9 Å². The number of nitriles is 1. The van der Waals surface area contributed by atoms with Gasteiger partial charge in [0, 0.05) is 29.0 Å². The van der Waals surface area contributed by atoms with Gasteiger partial charge in [0.05, 0.1) is 17.3 Å². The summed E-state index contributed by atoms with van der Waals surface area (Å²) in [5.74, 6) is -0.473. The Balaban J connectivity index is 1.67. The SMILES string of the molecule is Cc1c(C#N)cnc(C(=O)Nc2ccc3[nH]nc(-c4cnn(C(F)(F)F)c4)c3c2)c1C. The predicted octanol–water partition coefficient (Wildman–Crippen LogP) is 4.04. The number of H-pyrrole nitrogens is 1. The zero-order chi connectivity index (χ0) is 22.3. The van der Waals surface area contributed by atoms with Crippen LogP contribution in [0.2, 0.25) is 0 Å². The molecule has 0 aliphatic carbocycles. The van der Waals surface area contributed by atoms with Crippen molar-refractivity contribution in [3.8, 4) is 17.3 Å². The van der Waals surface area contributed by atoms with Gasteiger partial charge in [0.1, 0.15) is 17.5 Å². The van der Waals surface area contributed by atoms with E-state index >= 15 is 0 Å². The molecule has 2 N–H and O–H groups in total. The Morgan fingerprint density at radius 3 is 2.68 bits per heavy atom. The highest BCUT2D eigenvalue weighted by Crippen LogP contribution is 2.30. The number of anilines is 1. The Morgan fingerprint density at radius 2 is 2.00 bits per heavy atom. The van der Waals surface area contributed by atoms with Crippen LogP contribution >= 0.6 is 0 Å². The summed E-state index contributed by atoms with van der Waals surface area (Å²) in [5, 5.41) is 22.5. The van der Waals surface area contributed by atoms with Crippen LogP contribution in [-0.2, 0) is 6.30 Å². The first-order valence-electron chi connectivity index (χ1n) is 8.97. The molecule has 0 saturated heterocycles. The number of rotatable bonds is 3. The van der Waals surface area contributed by atoms with Gasteiger partial charge in [-0.3, -0.25) is 9.89 Å². The Labute approximate surface area is 173 Å². The number of hydrogen-bond acceptors (Lipinski definition) is 5. The molecule has 4 aromatic rings. The molecule has 1 aromatic carbocycles. The fourth-order valence-electron chi connectivity index (χ4n) is 3.13. The number of nitrogens with zero attached hydrogens (tertiary/aromatic N) is 5. The van der Waals surface area contributed by atoms with E-state index in [1.54, 1.807) is 32.0 Å². The summed E-state index contributed by atoms with van der Waals surface area (Å²) in [6.45, 7) is 3.44. The minimum absolute atomic E-state index is 0.101. The number of halogens is 3. The molecule has 0 spiro atoms. The topological polar surface area (TPSA) is 112 Å². The smallest absolute Gasteiger partial charge is 0.321 e. The number of carbonyl (C=O) groups is 1. The third-order valence-electron chi connectivity index (χ3n) is 4.92. The molecule has 11 heteroatoms. The van der Waals surface area contributed by atoms with E-state index in [4.69, 9.17) is 5.26 Å². The number of carbonyl (C=O) groups excluding carboxylic acids is 1. The third kappa shape index (κ3) is 3.59. The van der Waals surface area contributed by atoms with Gasteiger partial charge in [-0.2, -0.15) is 20.1 Å². The number of aromatic amines is 1. The largest absolute Gasteiger partial charge is 0.504 e. The number of benzene rings is 1. The van der Waals surface area contributed by atoms with Crippen molar-refractivity contribution in [1.82, 2.24) is 25.0 Å². The zero-order valence-electron chi connectivity index (χ0n) is 16.2. The van der Waals surface area contributed by atoms with Crippen LogP contribution in [0.15, 0.2) is 36.8 Å². The Bertz CT molecular complexity index is 1360. The van der Waals surface area contributed by atoms with Crippen molar-refractivity contribution < 1.29 is 18.0 Å². The van der Waals surface area contributed by atoms with Crippen LogP contribution in [0, 0.1) is 25.2 Å². The molecule has 0 aliphatic heterocycles. The zero-order valence-corrected chi connectivity index (χ0v) is 16.2. The molecular weight excluding hydrogens is 411 g/mol. The molecule has 31 heavy (non-hydrogen) atoms. The molecule has 3 aromatic heterocycles. The molecule has 0 saturated carbocycles. The highest BCUT2D eigenvalue weighted by atomic mass is 19.4. The maximum absolute atomic E-state index is 12.8. The van der Waals surface area contributed by atoms with E-state index < -0.39 is 12.2 Å². The summed E-state index contributed by atoms with van der Waals surface area (Å²) in [4.78, 5) is 16.8. The molecule has 0 aliphatic rings. The van der Waals surface area contributed by atoms with E-state index in [9.17, 15) is 18.0 Å². The molecular formula is C20H14F3N7O. The van der Waals surface area contributed by atoms with Crippen molar-refractivity contribution in [2.75, 3.05) is 5.32 Å². The minimum atomic E-state index is -4.63. The average molecular weight is 425 g/mol. The standard InChI is InChI=1S/C20H14F3N7O/c1-10-11(2)17(25-7-12(10)6-24)19(31)27-14-3-4-16-15(5-14)18(29-28-16)13-8-26-30(9-13)20(21,22)23/h3-5,7-9H,1-2H3,(H,27,31)(H,28,29). The van der Waals surface area contributed by atoms with Crippen molar-refractivity contribution >= 4 is 22.5 Å². The molecule has 0 atom stereocenters. The summed E-state index contributed by atoms with van der Waals surface area (Å²) >= 11 is 0. The van der Waals surface area contributed by atoms with E-state index in [-0.39, 0.29) is 21.6 Å². The van der Waals surface area contributed by atoms with Crippen molar-refractivity contribution in [2.24, 2.45) is 0 Å². The van der Waals surface area contributed by atoms with Gasteiger partial charge < -0.3 is 5.32 Å². The van der Waals surface area contributed by atoms with Crippen LogP contribution in [0.25, 0.3) is 22.2 Å². The number of nitrogens with one attached hydrogen (secondary N) is 2. The second-order valence-corrected chi connectivity index (χ2v) is 6.81. The molecule has 3 heterocycles. The highest BCUT2D eigenvalue weighted by molar-refractivity contribution is 6.05. The van der Waals surface area contributed by atoms with Crippen molar-refractivity contribution in [3.05, 3.63) is 59.2 Å². The van der Waals surface area contributed by atoms with Crippen LogP contribution in [-0.4, -0.2) is 30.9 Å². The number of alkyl halides is 3. The lowest BCUT2D eigenvalue weighted by Crippen LogP contribution is -2.16. The number of hydrogen-bond donors (Lipinski definition) is 2. The molecule has 0 radical (unpaired) electrons. The predicted molar refractivity (Wildman–Crippen MR) is 105 cm³/mol. The number of fused-ring (bicyclic) bond motifs is 1. The fourth-order valence-corrected chi connectivity index (χ4v) is 3.13. The number of amides is 1. The molecule has 0 unspecified atom stereocenters. The van der Waals surface area contributed by atoms with Crippen molar-refractivity contribution in [1.29, 1.82) is 5.26 Å². The van der Waals surface area contributed by atoms with Gasteiger partial charge in [0.2, 0.25) is 0 Å². The second kappa shape index (κ2) is 7.24. The first-order valence-corrected chi connectivity index (χ1v) is 8.97. The van der Waals surface area contributed by atoms with E-state index in [2.05, 4.69) is 25.6 Å². The third-order valence-corrected chi connectivity index (χ3v) is 4.92. The molecule has 0 bridgehead atoms. The first-order chi connectivity index (χ1) is 14.7. The summed E-state index contributed by atoms with van der Waals surface area (Å²) in [6, 6.07) is 6.90. The quantitative estimate of drug-likeness (QED) is 0.515. The van der Waals surface area contributed by atoms with Crippen LogP contribution in [0.3, 0.4) is 0 Å².